The van der Waals surface area contributed by atoms with Gasteiger partial charge in [-0.2, -0.15) is 0 Å². The molecule has 21 heavy (non-hydrogen) atoms. The van der Waals surface area contributed by atoms with Gasteiger partial charge in [0.1, 0.15) is 6.04 Å². The van der Waals surface area contributed by atoms with E-state index in [2.05, 4.69) is 5.32 Å². The van der Waals surface area contributed by atoms with Crippen LogP contribution < -0.4 is 5.32 Å². The normalized spacial score (nSPS) is 15.0. The van der Waals surface area contributed by atoms with Crippen molar-refractivity contribution in [1.29, 1.82) is 0 Å². The summed E-state index contributed by atoms with van der Waals surface area (Å²) in [4.78, 5) is 35.1. The molecule has 0 fully saturated rings. The number of amides is 2. The lowest BCUT2D eigenvalue weighted by atomic mass is 10.0. The number of rotatable bonds is 4. The van der Waals surface area contributed by atoms with Gasteiger partial charge in [0.05, 0.1) is 6.42 Å². The van der Waals surface area contributed by atoms with Crippen molar-refractivity contribution in [1.82, 2.24) is 10.2 Å². The zero-order valence-corrected chi connectivity index (χ0v) is 11.3. The van der Waals surface area contributed by atoms with Crippen LogP contribution in [0.4, 0.5) is 4.79 Å². The van der Waals surface area contributed by atoms with Crippen molar-refractivity contribution in [2.24, 2.45) is 0 Å². The Balaban J connectivity index is 2.01. The first-order chi connectivity index (χ1) is 9.97. The number of hydrogen-bond donors (Lipinski definition) is 3. The largest absolute Gasteiger partial charge is 0.481 e. The van der Waals surface area contributed by atoms with Gasteiger partial charge in [0.25, 0.3) is 0 Å². The summed E-state index contributed by atoms with van der Waals surface area (Å²) in [5.74, 6) is -2.63. The Morgan fingerprint density at radius 2 is 1.86 bits per heavy atom. The lowest BCUT2D eigenvalue weighted by Crippen LogP contribution is -2.49. The summed E-state index contributed by atoms with van der Waals surface area (Å²) in [6.07, 6.45) is 0.0474. The number of carbonyl (C=O) groups is 3. The lowest BCUT2D eigenvalue weighted by Gasteiger charge is -2.29. The second kappa shape index (κ2) is 6.25. The number of carboxylic acid groups (broad SMARTS) is 2. The number of nitrogens with zero attached hydrogens (tertiary/aromatic N) is 1. The Morgan fingerprint density at radius 1 is 1.19 bits per heavy atom. The van der Waals surface area contributed by atoms with E-state index in [9.17, 15) is 14.4 Å². The number of aliphatic carboxylic acids is 2. The first-order valence-corrected chi connectivity index (χ1v) is 6.54. The minimum atomic E-state index is -1.42. The summed E-state index contributed by atoms with van der Waals surface area (Å²) in [5, 5.41) is 19.8. The van der Waals surface area contributed by atoms with Crippen molar-refractivity contribution in [3.05, 3.63) is 35.4 Å². The van der Waals surface area contributed by atoms with E-state index in [1.54, 1.807) is 0 Å². The van der Waals surface area contributed by atoms with E-state index in [0.29, 0.717) is 19.5 Å². The predicted molar refractivity (Wildman–Crippen MR) is 72.8 cm³/mol. The summed E-state index contributed by atoms with van der Waals surface area (Å²) in [6, 6.07) is 5.74. The van der Waals surface area contributed by atoms with E-state index in [4.69, 9.17) is 10.2 Å². The fraction of sp³-hybridized carbons (Fsp3) is 0.357. The van der Waals surface area contributed by atoms with E-state index in [1.165, 1.54) is 10.5 Å². The molecule has 0 spiro atoms. The first-order valence-electron chi connectivity index (χ1n) is 6.54. The summed E-state index contributed by atoms with van der Waals surface area (Å²) in [6.45, 7) is 0.865. The second-order valence-corrected chi connectivity index (χ2v) is 4.88. The predicted octanol–water partition coefficient (Wildman–Crippen LogP) is 0.682. The third-order valence-electron chi connectivity index (χ3n) is 3.39. The highest BCUT2D eigenvalue weighted by Gasteiger charge is 2.27. The average Bonchev–Trinajstić information content (AvgIpc) is 2.45. The minimum absolute atomic E-state index is 0.390. The smallest absolute Gasteiger partial charge is 0.326 e. The molecule has 1 aliphatic heterocycles. The number of benzene rings is 1. The quantitative estimate of drug-likeness (QED) is 0.756. The molecule has 0 aromatic heterocycles. The number of fused-ring (bicyclic) bond motifs is 1. The molecule has 7 nitrogen and oxygen atoms in total. The number of carbonyl (C=O) groups excluding carboxylic acids is 1. The van der Waals surface area contributed by atoms with E-state index in [0.717, 1.165) is 5.56 Å². The Hall–Kier alpha value is -2.57. The van der Waals surface area contributed by atoms with Crippen LogP contribution in [0.1, 0.15) is 17.5 Å². The monoisotopic (exact) mass is 292 g/mol. The van der Waals surface area contributed by atoms with Crippen LogP contribution >= 0.6 is 0 Å². The van der Waals surface area contributed by atoms with Crippen molar-refractivity contribution < 1.29 is 24.6 Å². The number of hydrogen-bond acceptors (Lipinski definition) is 3. The topological polar surface area (TPSA) is 107 Å². The molecule has 0 aliphatic carbocycles. The molecule has 1 aliphatic rings. The molecule has 0 saturated carbocycles. The standard InChI is InChI=1S/C14H16N2O5/c17-12(18)7-11(13(19)20)15-14(21)16-6-5-9-3-1-2-4-10(9)8-16/h1-4,11H,5-8H2,(H,15,21)(H,17,18)(H,19,20). The molecule has 1 atom stereocenters. The van der Waals surface area contributed by atoms with Gasteiger partial charge in [-0.3, -0.25) is 4.79 Å². The van der Waals surface area contributed by atoms with Gasteiger partial charge in [0.2, 0.25) is 0 Å². The number of carboxylic acids is 2. The molecular formula is C14H16N2O5. The van der Waals surface area contributed by atoms with Crippen LogP contribution in [0.25, 0.3) is 0 Å². The Labute approximate surface area is 121 Å². The molecule has 2 amide bonds. The van der Waals surface area contributed by atoms with E-state index in [1.807, 2.05) is 24.3 Å². The van der Waals surface area contributed by atoms with Gasteiger partial charge in [-0.15, -0.1) is 0 Å². The zero-order chi connectivity index (χ0) is 15.4. The van der Waals surface area contributed by atoms with Gasteiger partial charge in [-0.1, -0.05) is 24.3 Å². The molecule has 3 N–H and O–H groups in total. The number of nitrogens with one attached hydrogen (secondary N) is 1. The van der Waals surface area contributed by atoms with E-state index in [-0.39, 0.29) is 0 Å². The van der Waals surface area contributed by atoms with Crippen molar-refractivity contribution in [2.45, 2.75) is 25.4 Å². The molecule has 0 bridgehead atoms. The summed E-state index contributed by atoms with van der Waals surface area (Å²) in [5.41, 5.74) is 2.19. The van der Waals surface area contributed by atoms with Crippen molar-refractivity contribution in [3.8, 4) is 0 Å². The molecule has 1 heterocycles. The van der Waals surface area contributed by atoms with Crippen molar-refractivity contribution >= 4 is 18.0 Å². The van der Waals surface area contributed by atoms with Crippen molar-refractivity contribution in [3.63, 3.8) is 0 Å². The molecule has 0 saturated heterocycles. The van der Waals surface area contributed by atoms with Gasteiger partial charge in [-0.25, -0.2) is 9.59 Å². The van der Waals surface area contributed by atoms with Gasteiger partial charge < -0.3 is 20.4 Å². The van der Waals surface area contributed by atoms with Crippen LogP contribution in [0.15, 0.2) is 24.3 Å². The van der Waals surface area contributed by atoms with Crippen LogP contribution in [0, 0.1) is 0 Å². The third kappa shape index (κ3) is 3.71. The molecule has 7 heteroatoms. The number of urea groups is 1. The summed E-state index contributed by atoms with van der Waals surface area (Å²) in [7, 11) is 0. The maximum atomic E-state index is 12.1. The fourth-order valence-corrected chi connectivity index (χ4v) is 2.28. The third-order valence-corrected chi connectivity index (χ3v) is 3.39. The molecule has 0 radical (unpaired) electrons. The molecule has 1 unspecified atom stereocenters. The summed E-state index contributed by atoms with van der Waals surface area (Å²) >= 11 is 0. The first kappa shape index (κ1) is 14.8. The lowest BCUT2D eigenvalue weighted by molar-refractivity contribution is -0.145. The van der Waals surface area contributed by atoms with Gasteiger partial charge in [-0.05, 0) is 17.5 Å². The van der Waals surface area contributed by atoms with Crippen LogP contribution in [0.5, 0.6) is 0 Å². The maximum absolute atomic E-state index is 12.1. The average molecular weight is 292 g/mol. The minimum Gasteiger partial charge on any atom is -0.481 e. The molecule has 112 valence electrons. The Bertz CT molecular complexity index is 572. The molecule has 2 rings (SSSR count). The van der Waals surface area contributed by atoms with Crippen LogP contribution in [-0.4, -0.2) is 45.7 Å². The van der Waals surface area contributed by atoms with Crippen molar-refractivity contribution in [2.75, 3.05) is 6.54 Å². The van der Waals surface area contributed by atoms with Crippen LogP contribution in [-0.2, 0) is 22.6 Å². The highest BCUT2D eigenvalue weighted by atomic mass is 16.4. The molecule has 1 aromatic carbocycles. The zero-order valence-electron chi connectivity index (χ0n) is 11.3. The Morgan fingerprint density at radius 3 is 2.48 bits per heavy atom. The van der Waals surface area contributed by atoms with Gasteiger partial charge in [0, 0.05) is 13.1 Å². The summed E-state index contributed by atoms with van der Waals surface area (Å²) < 4.78 is 0. The van der Waals surface area contributed by atoms with Crippen LogP contribution in [0.3, 0.4) is 0 Å². The van der Waals surface area contributed by atoms with E-state index >= 15 is 0 Å². The van der Waals surface area contributed by atoms with E-state index < -0.39 is 30.4 Å². The van der Waals surface area contributed by atoms with Crippen LogP contribution in [0.2, 0.25) is 0 Å². The van der Waals surface area contributed by atoms with Gasteiger partial charge in [0.15, 0.2) is 0 Å². The highest BCUT2D eigenvalue weighted by Crippen LogP contribution is 2.18. The molecule has 1 aromatic rings. The SMILES string of the molecule is O=C(O)CC(NC(=O)N1CCc2ccccc2C1)C(=O)O. The maximum Gasteiger partial charge on any atom is 0.326 e. The fourth-order valence-electron chi connectivity index (χ4n) is 2.28. The Kier molecular flexibility index (Phi) is 4.42. The second-order valence-electron chi connectivity index (χ2n) is 4.88. The highest BCUT2D eigenvalue weighted by molar-refractivity contribution is 5.86. The molecular weight excluding hydrogens is 276 g/mol. The van der Waals surface area contributed by atoms with Gasteiger partial charge >= 0.3 is 18.0 Å².